The highest BCUT2D eigenvalue weighted by molar-refractivity contribution is 6.02. The van der Waals surface area contributed by atoms with Crippen LogP contribution in [0.4, 0.5) is 5.69 Å². The van der Waals surface area contributed by atoms with Gasteiger partial charge in [0.2, 0.25) is 5.91 Å². The van der Waals surface area contributed by atoms with Gasteiger partial charge >= 0.3 is 0 Å². The molecular formula is C24H30N2O4. The Labute approximate surface area is 178 Å². The Bertz CT molecular complexity index is 871. The number of amides is 2. The molecule has 2 amide bonds. The molecule has 0 fully saturated rings. The number of hydrogen-bond donors (Lipinski definition) is 1. The molecule has 0 spiro atoms. The van der Waals surface area contributed by atoms with Gasteiger partial charge in [-0.25, -0.2) is 0 Å². The van der Waals surface area contributed by atoms with E-state index in [4.69, 9.17) is 9.47 Å². The molecule has 0 atom stereocenters. The molecular weight excluding hydrogens is 380 g/mol. The van der Waals surface area contributed by atoms with Gasteiger partial charge in [0.1, 0.15) is 0 Å². The molecule has 6 nitrogen and oxygen atoms in total. The normalized spacial score (nSPS) is 10.7. The third-order valence-electron chi connectivity index (χ3n) is 4.53. The number of nitrogens with zero attached hydrogens (tertiary/aromatic N) is 1. The monoisotopic (exact) mass is 410 g/mol. The number of methoxy groups -OCH3 is 1. The molecule has 0 heterocycles. The van der Waals surface area contributed by atoms with Crippen LogP contribution in [0, 0.1) is 0 Å². The molecule has 0 aromatic heterocycles. The van der Waals surface area contributed by atoms with Crippen LogP contribution in [-0.2, 0) is 4.79 Å². The Morgan fingerprint density at radius 1 is 1.00 bits per heavy atom. The second kappa shape index (κ2) is 11.7. The first-order valence-electron chi connectivity index (χ1n) is 10.2. The van der Waals surface area contributed by atoms with E-state index in [2.05, 4.69) is 5.32 Å². The second-order valence-corrected chi connectivity index (χ2v) is 6.64. The van der Waals surface area contributed by atoms with E-state index in [-0.39, 0.29) is 11.8 Å². The van der Waals surface area contributed by atoms with E-state index in [0.29, 0.717) is 42.4 Å². The van der Waals surface area contributed by atoms with Crippen molar-refractivity contribution in [2.75, 3.05) is 32.1 Å². The summed E-state index contributed by atoms with van der Waals surface area (Å²) >= 11 is 0. The van der Waals surface area contributed by atoms with E-state index in [9.17, 15) is 9.59 Å². The predicted octanol–water partition coefficient (Wildman–Crippen LogP) is 4.62. The average Bonchev–Trinajstić information content (AvgIpc) is 2.77. The number of carbonyl (C=O) groups excluding carboxylic acids is 2. The molecule has 2 rings (SSSR count). The molecule has 0 radical (unpaired) electrons. The van der Waals surface area contributed by atoms with Gasteiger partial charge in [0.05, 0.1) is 13.7 Å². The Morgan fingerprint density at radius 2 is 1.70 bits per heavy atom. The van der Waals surface area contributed by atoms with Crippen molar-refractivity contribution in [3.05, 3.63) is 59.7 Å². The maximum atomic E-state index is 12.3. The van der Waals surface area contributed by atoms with Crippen molar-refractivity contribution in [1.82, 2.24) is 4.90 Å². The summed E-state index contributed by atoms with van der Waals surface area (Å²) in [5, 5.41) is 2.80. The van der Waals surface area contributed by atoms with E-state index in [1.807, 2.05) is 39.0 Å². The molecule has 6 heteroatoms. The van der Waals surface area contributed by atoms with Crippen LogP contribution in [0.15, 0.2) is 48.5 Å². The van der Waals surface area contributed by atoms with E-state index in [0.717, 1.165) is 12.0 Å². The summed E-state index contributed by atoms with van der Waals surface area (Å²) in [4.78, 5) is 26.3. The highest BCUT2D eigenvalue weighted by Crippen LogP contribution is 2.28. The van der Waals surface area contributed by atoms with Crippen LogP contribution in [-0.4, -0.2) is 43.5 Å². The quantitative estimate of drug-likeness (QED) is 0.581. The van der Waals surface area contributed by atoms with Crippen molar-refractivity contribution < 1.29 is 19.1 Å². The minimum atomic E-state index is -0.261. The standard InChI is InChI=1S/C24H30N2O4/c1-5-16-30-21-14-8-18(17-22(21)29-4)9-15-23(27)25-20-12-10-19(11-13-20)24(28)26(6-2)7-3/h8-15,17H,5-7,16H2,1-4H3,(H,25,27)/b15-9+. The van der Waals surface area contributed by atoms with Crippen molar-refractivity contribution in [3.63, 3.8) is 0 Å². The number of ether oxygens (including phenoxy) is 2. The van der Waals surface area contributed by atoms with Crippen LogP contribution in [0.1, 0.15) is 43.1 Å². The summed E-state index contributed by atoms with van der Waals surface area (Å²) in [7, 11) is 1.59. The first kappa shape index (κ1) is 23.0. The van der Waals surface area contributed by atoms with Gasteiger partial charge in [-0.05, 0) is 68.3 Å². The number of carbonyl (C=O) groups is 2. The Morgan fingerprint density at radius 3 is 2.30 bits per heavy atom. The molecule has 30 heavy (non-hydrogen) atoms. The molecule has 0 saturated carbocycles. The lowest BCUT2D eigenvalue weighted by molar-refractivity contribution is -0.111. The maximum absolute atomic E-state index is 12.3. The van der Waals surface area contributed by atoms with Crippen LogP contribution >= 0.6 is 0 Å². The Hall–Kier alpha value is -3.28. The molecule has 0 aliphatic rings. The molecule has 160 valence electrons. The average molecular weight is 411 g/mol. The molecule has 0 aliphatic carbocycles. The SMILES string of the molecule is CCCOc1ccc(/C=C/C(=O)Nc2ccc(C(=O)N(CC)CC)cc2)cc1OC. The van der Waals surface area contributed by atoms with Crippen LogP contribution in [0.5, 0.6) is 11.5 Å². The van der Waals surface area contributed by atoms with Crippen LogP contribution in [0.25, 0.3) is 6.08 Å². The third kappa shape index (κ3) is 6.37. The van der Waals surface area contributed by atoms with E-state index < -0.39 is 0 Å². The number of benzene rings is 2. The van der Waals surface area contributed by atoms with Gasteiger partial charge in [0, 0.05) is 30.4 Å². The van der Waals surface area contributed by atoms with Crippen molar-refractivity contribution in [3.8, 4) is 11.5 Å². The highest BCUT2D eigenvalue weighted by Gasteiger charge is 2.12. The minimum Gasteiger partial charge on any atom is -0.493 e. The van der Waals surface area contributed by atoms with Gasteiger partial charge in [0.15, 0.2) is 11.5 Å². The Balaban J connectivity index is 2.00. The minimum absolute atomic E-state index is 0.0157. The topological polar surface area (TPSA) is 67.9 Å². The van der Waals surface area contributed by atoms with Crippen molar-refractivity contribution in [2.45, 2.75) is 27.2 Å². The largest absolute Gasteiger partial charge is 0.493 e. The lowest BCUT2D eigenvalue weighted by atomic mass is 10.1. The summed E-state index contributed by atoms with van der Waals surface area (Å²) in [5.74, 6) is 1.03. The van der Waals surface area contributed by atoms with E-state index in [1.165, 1.54) is 6.08 Å². The Kier molecular flexibility index (Phi) is 8.94. The highest BCUT2D eigenvalue weighted by atomic mass is 16.5. The molecule has 0 bridgehead atoms. The van der Waals surface area contributed by atoms with Crippen LogP contribution in [0.2, 0.25) is 0 Å². The van der Waals surface area contributed by atoms with Crippen LogP contribution in [0.3, 0.4) is 0 Å². The van der Waals surface area contributed by atoms with Gasteiger partial charge in [0.25, 0.3) is 5.91 Å². The number of nitrogens with one attached hydrogen (secondary N) is 1. The number of rotatable bonds is 10. The lowest BCUT2D eigenvalue weighted by Crippen LogP contribution is -2.30. The fourth-order valence-electron chi connectivity index (χ4n) is 2.86. The summed E-state index contributed by atoms with van der Waals surface area (Å²) in [6.45, 7) is 7.88. The van der Waals surface area contributed by atoms with Gasteiger partial charge in [-0.2, -0.15) is 0 Å². The zero-order valence-corrected chi connectivity index (χ0v) is 18.1. The smallest absolute Gasteiger partial charge is 0.253 e. The van der Waals surface area contributed by atoms with E-state index >= 15 is 0 Å². The van der Waals surface area contributed by atoms with Gasteiger partial charge in [-0.1, -0.05) is 13.0 Å². The van der Waals surface area contributed by atoms with Gasteiger partial charge in [-0.15, -0.1) is 0 Å². The van der Waals surface area contributed by atoms with Crippen LogP contribution < -0.4 is 14.8 Å². The zero-order chi connectivity index (χ0) is 21.9. The first-order chi connectivity index (χ1) is 14.5. The van der Waals surface area contributed by atoms with E-state index in [1.54, 1.807) is 42.4 Å². The van der Waals surface area contributed by atoms with Gasteiger partial charge in [-0.3, -0.25) is 9.59 Å². The van der Waals surface area contributed by atoms with Crippen molar-refractivity contribution >= 4 is 23.6 Å². The summed E-state index contributed by atoms with van der Waals surface area (Å²) in [5.41, 5.74) is 2.05. The maximum Gasteiger partial charge on any atom is 0.253 e. The lowest BCUT2D eigenvalue weighted by Gasteiger charge is -2.18. The second-order valence-electron chi connectivity index (χ2n) is 6.64. The molecule has 0 unspecified atom stereocenters. The summed E-state index contributed by atoms with van der Waals surface area (Å²) in [6.07, 6.45) is 4.08. The molecule has 0 saturated heterocycles. The summed E-state index contributed by atoms with van der Waals surface area (Å²) in [6, 6.07) is 12.4. The first-order valence-corrected chi connectivity index (χ1v) is 10.2. The van der Waals surface area contributed by atoms with Crippen molar-refractivity contribution in [2.24, 2.45) is 0 Å². The zero-order valence-electron chi connectivity index (χ0n) is 18.1. The molecule has 0 aliphatic heterocycles. The van der Waals surface area contributed by atoms with Gasteiger partial charge < -0.3 is 19.7 Å². The molecule has 2 aromatic carbocycles. The predicted molar refractivity (Wildman–Crippen MR) is 120 cm³/mol. The number of anilines is 1. The number of hydrogen-bond acceptors (Lipinski definition) is 4. The fraction of sp³-hybridized carbons (Fsp3) is 0.333. The fourth-order valence-corrected chi connectivity index (χ4v) is 2.86. The third-order valence-corrected chi connectivity index (χ3v) is 4.53. The summed E-state index contributed by atoms with van der Waals surface area (Å²) < 4.78 is 11.0. The van der Waals surface area contributed by atoms with Crippen molar-refractivity contribution in [1.29, 1.82) is 0 Å². The molecule has 1 N–H and O–H groups in total. The molecule has 2 aromatic rings.